The number of halogens is 2. The molecule has 104 valence electrons. The molecule has 0 bridgehead atoms. The number of methoxy groups -OCH3 is 2. The van der Waals surface area contributed by atoms with Gasteiger partial charge in [-0.15, -0.1) is 0 Å². The number of benzene rings is 2. The number of hydrogen-bond acceptors (Lipinski definition) is 3. The van der Waals surface area contributed by atoms with E-state index in [0.717, 1.165) is 6.07 Å². The predicted octanol–water partition coefficient (Wildman–Crippen LogP) is 3.94. The van der Waals surface area contributed by atoms with Crippen LogP contribution in [0.3, 0.4) is 0 Å². The minimum atomic E-state index is -0.585. The van der Waals surface area contributed by atoms with E-state index < -0.39 is 11.8 Å². The van der Waals surface area contributed by atoms with Crippen LogP contribution in [-0.4, -0.2) is 20.2 Å². The Morgan fingerprint density at radius 3 is 2.40 bits per heavy atom. The maximum atomic E-state index is 14.2. The molecule has 5 heteroatoms. The Labute approximate surface area is 120 Å². The summed E-state index contributed by atoms with van der Waals surface area (Å²) in [5.41, 5.74) is 1.04. The van der Waals surface area contributed by atoms with Crippen LogP contribution in [0, 0.1) is 5.82 Å². The van der Waals surface area contributed by atoms with Crippen LogP contribution in [0.4, 0.5) is 4.39 Å². The molecule has 2 aromatic carbocycles. The minimum Gasteiger partial charge on any atom is -0.496 e. The number of carbonyl (C=O) groups is 1. The highest BCUT2D eigenvalue weighted by Crippen LogP contribution is 2.34. The van der Waals surface area contributed by atoms with E-state index in [1.54, 1.807) is 18.2 Å². The monoisotopic (exact) mass is 294 g/mol. The van der Waals surface area contributed by atoms with Crippen LogP contribution in [0.2, 0.25) is 5.02 Å². The topological polar surface area (TPSA) is 35.5 Å². The third-order valence-corrected chi connectivity index (χ3v) is 3.08. The Morgan fingerprint density at radius 2 is 1.80 bits per heavy atom. The lowest BCUT2D eigenvalue weighted by atomic mass is 10.0. The van der Waals surface area contributed by atoms with E-state index >= 15 is 0 Å². The van der Waals surface area contributed by atoms with Gasteiger partial charge in [0.25, 0.3) is 0 Å². The highest BCUT2D eigenvalue weighted by atomic mass is 35.5. The van der Waals surface area contributed by atoms with E-state index in [4.69, 9.17) is 16.3 Å². The molecule has 0 amide bonds. The Kier molecular flexibility index (Phi) is 4.25. The van der Waals surface area contributed by atoms with Crippen molar-refractivity contribution in [3.05, 3.63) is 52.8 Å². The lowest BCUT2D eigenvalue weighted by molar-refractivity contribution is 0.0600. The Morgan fingerprint density at radius 1 is 1.10 bits per heavy atom. The first-order valence-electron chi connectivity index (χ1n) is 5.78. The normalized spacial score (nSPS) is 10.2. The van der Waals surface area contributed by atoms with Gasteiger partial charge in [-0.2, -0.15) is 0 Å². The Bertz CT molecular complexity index is 656. The zero-order chi connectivity index (χ0) is 14.7. The van der Waals surface area contributed by atoms with Crippen LogP contribution in [0.1, 0.15) is 10.4 Å². The predicted molar refractivity (Wildman–Crippen MR) is 74.7 cm³/mol. The number of rotatable bonds is 3. The second kappa shape index (κ2) is 5.92. The largest absolute Gasteiger partial charge is 0.496 e. The molecular weight excluding hydrogens is 283 g/mol. The van der Waals surface area contributed by atoms with E-state index in [1.165, 1.54) is 26.4 Å². The average Bonchev–Trinajstić information content (AvgIpc) is 2.46. The fourth-order valence-electron chi connectivity index (χ4n) is 1.87. The second-order valence-corrected chi connectivity index (χ2v) is 4.47. The van der Waals surface area contributed by atoms with Crippen LogP contribution in [-0.2, 0) is 4.74 Å². The molecule has 2 rings (SSSR count). The van der Waals surface area contributed by atoms with Crippen molar-refractivity contribution in [1.82, 2.24) is 0 Å². The summed E-state index contributed by atoms with van der Waals surface area (Å²) in [6.07, 6.45) is 0. The first-order chi connectivity index (χ1) is 9.56. The van der Waals surface area contributed by atoms with Crippen LogP contribution < -0.4 is 4.74 Å². The summed E-state index contributed by atoms with van der Waals surface area (Å²) in [4.78, 5) is 11.4. The maximum Gasteiger partial charge on any atom is 0.337 e. The fraction of sp³-hybridized carbons (Fsp3) is 0.133. The quantitative estimate of drug-likeness (QED) is 0.804. The van der Waals surface area contributed by atoms with Gasteiger partial charge in [-0.05, 0) is 30.3 Å². The van der Waals surface area contributed by atoms with Gasteiger partial charge in [0.1, 0.15) is 11.6 Å². The van der Waals surface area contributed by atoms with Crippen molar-refractivity contribution in [1.29, 1.82) is 0 Å². The lowest BCUT2D eigenvalue weighted by Crippen LogP contribution is -2.02. The summed E-state index contributed by atoms with van der Waals surface area (Å²) in [5.74, 6) is -0.658. The fourth-order valence-corrected chi connectivity index (χ4v) is 2.03. The summed E-state index contributed by atoms with van der Waals surface area (Å²) in [6, 6.07) is 9.05. The zero-order valence-corrected chi connectivity index (χ0v) is 11.7. The molecule has 0 heterocycles. The van der Waals surface area contributed by atoms with Crippen molar-refractivity contribution in [2.75, 3.05) is 14.2 Å². The van der Waals surface area contributed by atoms with Crippen LogP contribution in [0.25, 0.3) is 11.1 Å². The Hall–Kier alpha value is -2.07. The minimum absolute atomic E-state index is 0.154. The highest BCUT2D eigenvalue weighted by molar-refractivity contribution is 6.30. The van der Waals surface area contributed by atoms with E-state index in [-0.39, 0.29) is 5.56 Å². The molecule has 0 aliphatic carbocycles. The molecule has 2 aromatic rings. The molecule has 0 fully saturated rings. The molecule has 0 saturated carbocycles. The van der Waals surface area contributed by atoms with E-state index in [1.807, 2.05) is 0 Å². The molecule has 0 N–H and O–H groups in total. The summed E-state index contributed by atoms with van der Waals surface area (Å²) in [7, 11) is 2.73. The number of esters is 1. The van der Waals surface area contributed by atoms with Crippen molar-refractivity contribution < 1.29 is 18.7 Å². The summed E-state index contributed by atoms with van der Waals surface area (Å²) >= 11 is 5.87. The molecule has 0 spiro atoms. The van der Waals surface area contributed by atoms with Crippen molar-refractivity contribution in [3.8, 4) is 16.9 Å². The van der Waals surface area contributed by atoms with Gasteiger partial charge in [0.15, 0.2) is 0 Å². The van der Waals surface area contributed by atoms with Gasteiger partial charge in [-0.1, -0.05) is 17.7 Å². The van der Waals surface area contributed by atoms with Gasteiger partial charge in [0, 0.05) is 16.1 Å². The standard InChI is InChI=1S/C15H12ClFO3/c1-19-14-8-10(16)4-6-12(14)11-5-3-9(7-13(11)17)15(18)20-2/h3-8H,1-2H3. The molecular formula is C15H12ClFO3. The van der Waals surface area contributed by atoms with E-state index in [9.17, 15) is 9.18 Å². The second-order valence-electron chi connectivity index (χ2n) is 4.03. The Balaban J connectivity index is 2.51. The molecule has 0 unspecified atom stereocenters. The number of hydrogen-bond donors (Lipinski definition) is 0. The van der Waals surface area contributed by atoms with E-state index in [0.29, 0.717) is 21.9 Å². The summed E-state index contributed by atoms with van der Waals surface area (Å²) in [6.45, 7) is 0. The summed E-state index contributed by atoms with van der Waals surface area (Å²) in [5, 5.41) is 0.497. The number of carbonyl (C=O) groups excluding carboxylic acids is 1. The maximum absolute atomic E-state index is 14.2. The van der Waals surface area contributed by atoms with Gasteiger partial charge in [-0.25, -0.2) is 9.18 Å². The highest BCUT2D eigenvalue weighted by Gasteiger charge is 2.14. The summed E-state index contributed by atoms with van der Waals surface area (Å²) < 4.78 is 23.9. The smallest absolute Gasteiger partial charge is 0.337 e. The molecule has 0 radical (unpaired) electrons. The third kappa shape index (κ3) is 2.75. The molecule has 0 atom stereocenters. The average molecular weight is 295 g/mol. The van der Waals surface area contributed by atoms with Gasteiger partial charge in [0.05, 0.1) is 19.8 Å². The first-order valence-corrected chi connectivity index (χ1v) is 6.16. The molecule has 0 aliphatic rings. The van der Waals surface area contributed by atoms with Crippen molar-refractivity contribution in [2.45, 2.75) is 0 Å². The van der Waals surface area contributed by atoms with Crippen LogP contribution in [0.15, 0.2) is 36.4 Å². The van der Waals surface area contributed by atoms with Crippen LogP contribution in [0.5, 0.6) is 5.75 Å². The van der Waals surface area contributed by atoms with Crippen LogP contribution >= 0.6 is 11.6 Å². The van der Waals surface area contributed by atoms with Gasteiger partial charge < -0.3 is 9.47 Å². The van der Waals surface area contributed by atoms with Crippen molar-refractivity contribution in [2.24, 2.45) is 0 Å². The number of ether oxygens (including phenoxy) is 2. The molecule has 0 aromatic heterocycles. The first kappa shape index (κ1) is 14.3. The molecule has 0 aliphatic heterocycles. The molecule has 3 nitrogen and oxygen atoms in total. The SMILES string of the molecule is COC(=O)c1ccc(-c2ccc(Cl)cc2OC)c(F)c1. The zero-order valence-electron chi connectivity index (χ0n) is 10.9. The van der Waals surface area contributed by atoms with Gasteiger partial charge >= 0.3 is 5.97 Å². The van der Waals surface area contributed by atoms with E-state index in [2.05, 4.69) is 4.74 Å². The van der Waals surface area contributed by atoms with Crippen molar-refractivity contribution >= 4 is 17.6 Å². The molecule has 0 saturated heterocycles. The molecule has 20 heavy (non-hydrogen) atoms. The third-order valence-electron chi connectivity index (χ3n) is 2.84. The van der Waals surface area contributed by atoms with Gasteiger partial charge in [-0.3, -0.25) is 0 Å². The van der Waals surface area contributed by atoms with Crippen molar-refractivity contribution in [3.63, 3.8) is 0 Å². The van der Waals surface area contributed by atoms with Gasteiger partial charge in [0.2, 0.25) is 0 Å². The lowest BCUT2D eigenvalue weighted by Gasteiger charge is -2.10.